The molecule has 6 nitrogen and oxygen atoms in total. The van der Waals surface area contributed by atoms with Crippen LogP contribution >= 0.6 is 0 Å². The Hall–Kier alpha value is -3.36. The van der Waals surface area contributed by atoms with E-state index in [9.17, 15) is 18.0 Å². The van der Waals surface area contributed by atoms with E-state index >= 15 is 0 Å². The van der Waals surface area contributed by atoms with Crippen LogP contribution in [0, 0.1) is 12.8 Å². The van der Waals surface area contributed by atoms with Crippen molar-refractivity contribution in [2.24, 2.45) is 5.92 Å². The standard InChI is InChI=1S/C23H22F3N5O/c1-13-6-8-28-21(20(13)16-3-2-7-27-16)22(32)31-12-14-9-17(18(31)10-14)30-19-5-4-15(11-29-19)23(24,25)26/h2-8,11,14,17-18,27H,9-10,12H2,1H3,(H,29,30)/t14-,17+,18-/m0/s1. The third-order valence-corrected chi connectivity index (χ3v) is 6.40. The van der Waals surface area contributed by atoms with Crippen molar-refractivity contribution in [1.82, 2.24) is 19.9 Å². The Labute approximate surface area is 182 Å². The molecule has 32 heavy (non-hydrogen) atoms. The van der Waals surface area contributed by atoms with Crippen LogP contribution in [0.4, 0.5) is 19.0 Å². The van der Waals surface area contributed by atoms with Crippen molar-refractivity contribution >= 4 is 11.7 Å². The number of nitrogens with one attached hydrogen (secondary N) is 2. The second kappa shape index (κ2) is 7.65. The number of hydrogen-bond acceptors (Lipinski definition) is 4. The zero-order chi connectivity index (χ0) is 22.5. The van der Waals surface area contributed by atoms with Crippen LogP contribution in [0.25, 0.3) is 11.3 Å². The van der Waals surface area contributed by atoms with Gasteiger partial charge in [-0.2, -0.15) is 13.2 Å². The lowest BCUT2D eigenvalue weighted by atomic mass is 10.0. The summed E-state index contributed by atoms with van der Waals surface area (Å²) in [6, 6.07) is 7.90. The minimum absolute atomic E-state index is 0.0598. The number of carbonyl (C=O) groups is 1. The third kappa shape index (κ3) is 3.61. The number of piperidine rings is 1. The number of halogens is 3. The van der Waals surface area contributed by atoms with Crippen molar-refractivity contribution in [3.05, 3.63) is 65.7 Å². The molecule has 1 aliphatic carbocycles. The van der Waals surface area contributed by atoms with Gasteiger partial charge in [0.2, 0.25) is 0 Å². The zero-order valence-electron chi connectivity index (χ0n) is 17.4. The molecule has 1 aliphatic heterocycles. The average molecular weight is 441 g/mol. The molecule has 3 atom stereocenters. The Morgan fingerprint density at radius 1 is 1.19 bits per heavy atom. The minimum Gasteiger partial charge on any atom is -0.365 e. The van der Waals surface area contributed by atoms with Crippen molar-refractivity contribution in [3.63, 3.8) is 0 Å². The summed E-state index contributed by atoms with van der Waals surface area (Å²) < 4.78 is 38.4. The molecule has 0 aromatic carbocycles. The van der Waals surface area contributed by atoms with Crippen LogP contribution in [0.1, 0.15) is 34.5 Å². The highest BCUT2D eigenvalue weighted by atomic mass is 19.4. The van der Waals surface area contributed by atoms with E-state index in [1.165, 1.54) is 6.07 Å². The molecule has 3 aromatic rings. The second-order valence-corrected chi connectivity index (χ2v) is 8.48. The maximum absolute atomic E-state index is 13.5. The number of aromatic nitrogens is 3. The van der Waals surface area contributed by atoms with E-state index in [1.807, 2.05) is 36.2 Å². The molecule has 2 bridgehead atoms. The number of amides is 1. The number of fused-ring (bicyclic) bond motifs is 2. The number of alkyl halides is 3. The van der Waals surface area contributed by atoms with Crippen molar-refractivity contribution < 1.29 is 18.0 Å². The van der Waals surface area contributed by atoms with Gasteiger partial charge in [-0.15, -0.1) is 0 Å². The first-order valence-corrected chi connectivity index (χ1v) is 10.5. The number of pyridine rings is 2. The van der Waals surface area contributed by atoms with Gasteiger partial charge >= 0.3 is 6.18 Å². The largest absolute Gasteiger partial charge is 0.417 e. The van der Waals surface area contributed by atoms with Crippen LogP contribution in [-0.4, -0.2) is 44.4 Å². The maximum atomic E-state index is 13.5. The first-order chi connectivity index (χ1) is 15.3. The molecule has 1 amide bonds. The molecule has 0 spiro atoms. The lowest BCUT2D eigenvalue weighted by molar-refractivity contribution is -0.137. The third-order valence-electron chi connectivity index (χ3n) is 6.40. The minimum atomic E-state index is -4.42. The van der Waals surface area contributed by atoms with Gasteiger partial charge in [0.1, 0.15) is 11.5 Å². The van der Waals surface area contributed by atoms with Gasteiger partial charge in [0, 0.05) is 42.4 Å². The number of nitrogens with zero attached hydrogens (tertiary/aromatic N) is 3. The topological polar surface area (TPSA) is 73.9 Å². The molecular weight excluding hydrogens is 419 g/mol. The molecule has 3 aromatic heterocycles. The van der Waals surface area contributed by atoms with Gasteiger partial charge in [0.05, 0.1) is 11.6 Å². The van der Waals surface area contributed by atoms with Crippen LogP contribution in [0.5, 0.6) is 0 Å². The quantitative estimate of drug-likeness (QED) is 0.625. The smallest absolute Gasteiger partial charge is 0.365 e. The normalized spacial score (nSPS) is 22.4. The molecule has 2 N–H and O–H groups in total. The predicted octanol–water partition coefficient (Wildman–Crippen LogP) is 4.51. The highest BCUT2D eigenvalue weighted by Gasteiger charge is 2.47. The number of anilines is 1. The molecule has 1 saturated carbocycles. The van der Waals surface area contributed by atoms with Gasteiger partial charge in [-0.3, -0.25) is 9.78 Å². The summed E-state index contributed by atoms with van der Waals surface area (Å²) in [6.07, 6.45) is 1.57. The van der Waals surface area contributed by atoms with Crippen LogP contribution in [0.2, 0.25) is 0 Å². The second-order valence-electron chi connectivity index (χ2n) is 8.48. The van der Waals surface area contributed by atoms with Crippen molar-refractivity contribution in [3.8, 4) is 11.3 Å². The summed E-state index contributed by atoms with van der Waals surface area (Å²) in [7, 11) is 0. The van der Waals surface area contributed by atoms with Crippen LogP contribution in [-0.2, 0) is 6.18 Å². The van der Waals surface area contributed by atoms with E-state index in [2.05, 4.69) is 20.3 Å². The zero-order valence-corrected chi connectivity index (χ0v) is 17.4. The fraction of sp³-hybridized carbons (Fsp3) is 0.348. The summed E-state index contributed by atoms with van der Waals surface area (Å²) in [5.41, 5.74) is 2.21. The summed E-state index contributed by atoms with van der Waals surface area (Å²) >= 11 is 0. The molecular formula is C23H22F3N5O. The van der Waals surface area contributed by atoms with Crippen molar-refractivity contribution in [2.45, 2.75) is 38.0 Å². The molecule has 166 valence electrons. The maximum Gasteiger partial charge on any atom is 0.417 e. The summed E-state index contributed by atoms with van der Waals surface area (Å²) in [5.74, 6) is 0.594. The van der Waals surface area contributed by atoms with Gasteiger partial charge in [-0.1, -0.05) is 0 Å². The SMILES string of the molecule is Cc1ccnc(C(=O)N2C[C@H]3C[C@@H](Nc4ccc(C(F)(F)F)cn4)[C@@H]2C3)c1-c1ccc[nH]1. The Balaban J connectivity index is 1.37. The summed E-state index contributed by atoms with van der Waals surface area (Å²) in [6.45, 7) is 2.60. The number of aromatic amines is 1. The van der Waals surface area contributed by atoms with E-state index in [0.29, 0.717) is 24.0 Å². The molecule has 9 heteroatoms. The number of rotatable bonds is 4. The van der Waals surface area contributed by atoms with E-state index in [0.717, 1.165) is 41.9 Å². The van der Waals surface area contributed by atoms with Gasteiger partial charge in [-0.25, -0.2) is 4.98 Å². The lowest BCUT2D eigenvalue weighted by Gasteiger charge is -2.34. The first-order valence-electron chi connectivity index (χ1n) is 10.5. The molecule has 2 aliphatic rings. The Morgan fingerprint density at radius 2 is 2.03 bits per heavy atom. The van der Waals surface area contributed by atoms with E-state index in [-0.39, 0.29) is 18.0 Å². The van der Waals surface area contributed by atoms with Crippen LogP contribution < -0.4 is 5.32 Å². The Bertz CT molecular complexity index is 1130. The molecule has 1 saturated heterocycles. The molecule has 4 heterocycles. The highest BCUT2D eigenvalue weighted by molar-refractivity contribution is 5.99. The van der Waals surface area contributed by atoms with Crippen molar-refractivity contribution in [2.75, 3.05) is 11.9 Å². The fourth-order valence-corrected chi connectivity index (χ4v) is 4.93. The number of hydrogen-bond donors (Lipinski definition) is 2. The number of aryl methyl sites for hydroxylation is 1. The lowest BCUT2D eigenvalue weighted by Crippen LogP contribution is -2.48. The van der Waals surface area contributed by atoms with E-state index < -0.39 is 11.7 Å². The summed E-state index contributed by atoms with van der Waals surface area (Å²) in [5, 5.41) is 3.24. The van der Waals surface area contributed by atoms with E-state index in [1.54, 1.807) is 6.20 Å². The summed E-state index contributed by atoms with van der Waals surface area (Å²) in [4.78, 5) is 26.9. The Morgan fingerprint density at radius 3 is 2.69 bits per heavy atom. The number of likely N-dealkylation sites (tertiary alicyclic amines) is 1. The molecule has 0 unspecified atom stereocenters. The van der Waals surface area contributed by atoms with Gasteiger partial charge in [0.15, 0.2) is 0 Å². The molecule has 5 rings (SSSR count). The highest BCUT2D eigenvalue weighted by Crippen LogP contribution is 2.40. The van der Waals surface area contributed by atoms with Crippen molar-refractivity contribution in [1.29, 1.82) is 0 Å². The van der Waals surface area contributed by atoms with Gasteiger partial charge < -0.3 is 15.2 Å². The van der Waals surface area contributed by atoms with E-state index in [4.69, 9.17) is 0 Å². The molecule has 0 radical (unpaired) electrons. The monoisotopic (exact) mass is 441 g/mol. The molecule has 2 fully saturated rings. The van der Waals surface area contributed by atoms with Crippen LogP contribution in [0.15, 0.2) is 48.9 Å². The van der Waals surface area contributed by atoms with Gasteiger partial charge in [0.25, 0.3) is 5.91 Å². The van der Waals surface area contributed by atoms with Gasteiger partial charge in [-0.05, 0) is 61.6 Å². The fourth-order valence-electron chi connectivity index (χ4n) is 4.93. The van der Waals surface area contributed by atoms with Crippen LogP contribution in [0.3, 0.4) is 0 Å². The predicted molar refractivity (Wildman–Crippen MR) is 113 cm³/mol. The average Bonchev–Trinajstić information content (AvgIpc) is 3.50. The Kier molecular flexibility index (Phi) is 4.91. The number of carbonyl (C=O) groups excluding carboxylic acids is 1. The number of H-pyrrole nitrogens is 1. The first kappa shape index (κ1) is 20.5.